The van der Waals surface area contributed by atoms with Crippen molar-refractivity contribution >= 4 is 48.8 Å². The van der Waals surface area contributed by atoms with E-state index in [1.54, 1.807) is 93.6 Å². The third kappa shape index (κ3) is 20.1. The van der Waals surface area contributed by atoms with E-state index >= 15 is 0 Å². The van der Waals surface area contributed by atoms with Gasteiger partial charge in [0, 0.05) is 24.8 Å². The highest BCUT2D eigenvalue weighted by Crippen LogP contribution is 2.36. The zero-order valence-electron chi connectivity index (χ0n) is 56.7. The van der Waals surface area contributed by atoms with Crippen molar-refractivity contribution in [1.29, 1.82) is 0 Å². The average Bonchev–Trinajstić information content (AvgIpc) is 1.57. The van der Waals surface area contributed by atoms with Gasteiger partial charge in [-0.2, -0.15) is 39.5 Å². The Morgan fingerprint density at radius 2 is 0.755 bits per heavy atom. The first kappa shape index (κ1) is 74.5. The van der Waals surface area contributed by atoms with E-state index in [9.17, 15) is 58.1 Å². The standard InChI is InChI=1S/C27H27F3N2O2.C26H25F3N2O2.C25H24F3N3O3S/c1-17(27(28,29)30)34-20-12-8-18(9-13-20)10-15-25-31-23-14-11-19(16-24(23)32-25)21-6-4-5-7-22(21)26(2,3)33;1-16(32)21-5-3-4-6-22(21)19-10-13-23-24(15-19)31-25(30-23)14-9-18-7-11-20(12-8-18)33-17(2)26(27,28)29;1-16(25(26,27)28)34-19-11-7-17(8-12-19)9-14-24-29-22-13-10-18(15-23(22)30-24)20-5-3-4-6-21(20)31-35(2,32)33/h4-9,11-14,16-17,33H,10,15H2,1-3H3,(H,31,32);3-8,10-13,15-17,32H,9,14H2,1-2H3,(H,30,31);3-8,10-13,15-16,31H,9,14H2,1-2H3,(H,29,30). The van der Waals surface area contributed by atoms with Crippen molar-refractivity contribution in [1.82, 2.24) is 29.9 Å². The smallest absolute Gasteiger partial charge is 0.425 e. The number of aromatic amines is 3. The van der Waals surface area contributed by atoms with Crippen LogP contribution < -0.4 is 18.9 Å². The SMILES string of the molecule is CC(O)c1ccccc1-c1ccc2nc(CCc3ccc(OC(C)C(F)(F)F)cc3)[nH]c2c1.CC(Oc1ccc(CCc2nc3ccc(-c4ccccc4C(C)(C)O)cc3[nH]2)cc1)C(F)(F)F.CC(Oc1ccc(CCc2nc3ccc(-c4ccccc4NS(C)(=O)=O)cc3[nH]2)cc1)C(F)(F)F. The summed E-state index contributed by atoms with van der Waals surface area (Å²) in [6.45, 7) is 8.25. The first-order chi connectivity index (χ1) is 48.2. The van der Waals surface area contributed by atoms with Crippen LogP contribution in [-0.2, 0) is 54.1 Å². The molecule has 0 amide bonds. The molecule has 0 fully saturated rings. The first-order valence-corrected chi connectivity index (χ1v) is 34.7. The number of halogens is 9. The van der Waals surface area contributed by atoms with Gasteiger partial charge in [0.05, 0.1) is 56.7 Å². The van der Waals surface area contributed by atoms with E-state index in [2.05, 4.69) is 34.6 Å². The molecule has 9 aromatic carbocycles. The summed E-state index contributed by atoms with van der Waals surface area (Å²) in [5.74, 6) is 2.98. The lowest BCUT2D eigenvalue weighted by molar-refractivity contribution is -0.189. The van der Waals surface area contributed by atoms with Gasteiger partial charge in [0.25, 0.3) is 0 Å². The number of benzene rings is 9. The number of imidazole rings is 3. The van der Waals surface area contributed by atoms with Gasteiger partial charge >= 0.3 is 18.5 Å². The van der Waals surface area contributed by atoms with Gasteiger partial charge < -0.3 is 39.4 Å². The summed E-state index contributed by atoms with van der Waals surface area (Å²) in [5.41, 5.74) is 14.8. The molecule has 12 rings (SSSR count). The van der Waals surface area contributed by atoms with Crippen molar-refractivity contribution in [3.8, 4) is 50.6 Å². The van der Waals surface area contributed by atoms with Gasteiger partial charge in [-0.25, -0.2) is 23.4 Å². The van der Waals surface area contributed by atoms with Gasteiger partial charge in [-0.15, -0.1) is 0 Å². The van der Waals surface area contributed by atoms with Crippen LogP contribution in [0.3, 0.4) is 0 Å². The number of nitrogens with zero attached hydrogens (tertiary/aromatic N) is 3. The number of aromatic nitrogens is 6. The van der Waals surface area contributed by atoms with Crippen molar-refractivity contribution < 1.29 is 72.4 Å². The highest BCUT2D eigenvalue weighted by atomic mass is 32.2. The molecule has 0 saturated heterocycles. The minimum absolute atomic E-state index is 0.167. The predicted molar refractivity (Wildman–Crippen MR) is 379 cm³/mol. The van der Waals surface area contributed by atoms with Crippen LogP contribution in [0.25, 0.3) is 66.5 Å². The Hall–Kier alpha value is -10.2. The number of rotatable bonds is 22. The minimum Gasteiger partial charge on any atom is -0.481 e. The number of sulfonamides is 1. The maximum Gasteiger partial charge on any atom is 0.425 e. The number of para-hydroxylation sites is 1. The van der Waals surface area contributed by atoms with Crippen LogP contribution in [-0.4, -0.2) is 91.6 Å². The normalized spacial score (nSPS) is 13.4. The maximum absolute atomic E-state index is 12.7. The molecule has 0 saturated carbocycles. The van der Waals surface area contributed by atoms with Gasteiger partial charge in [-0.05, 0) is 195 Å². The molecule has 6 N–H and O–H groups in total. The minimum atomic E-state index is -4.41. The molecule has 12 aromatic rings. The number of aliphatic hydroxyl groups excluding tert-OH is 1. The number of aryl methyl sites for hydroxylation is 6. The monoisotopic (exact) mass is 1430 g/mol. The maximum atomic E-state index is 12.7. The molecule has 3 heterocycles. The fourth-order valence-corrected chi connectivity index (χ4v) is 11.8. The number of alkyl halides is 9. The molecule has 4 atom stereocenters. The molecule has 102 heavy (non-hydrogen) atoms. The number of H-pyrrole nitrogens is 3. The molecular weight excluding hydrogens is 1350 g/mol. The summed E-state index contributed by atoms with van der Waals surface area (Å²) in [5, 5.41) is 20.6. The molecular formula is C78H76F9N7O7S. The van der Waals surface area contributed by atoms with E-state index in [1.807, 2.05) is 115 Å². The Labute approximate surface area is 584 Å². The summed E-state index contributed by atoms with van der Waals surface area (Å²) in [4.78, 5) is 23.9. The van der Waals surface area contributed by atoms with Gasteiger partial charge in [0.15, 0.2) is 18.3 Å². The molecule has 534 valence electrons. The Kier molecular flexibility index (Phi) is 22.9. The highest BCUT2D eigenvalue weighted by Gasteiger charge is 2.40. The van der Waals surface area contributed by atoms with Crippen LogP contribution in [0.5, 0.6) is 17.2 Å². The van der Waals surface area contributed by atoms with Crippen LogP contribution in [0.1, 0.15) is 92.9 Å². The van der Waals surface area contributed by atoms with Crippen LogP contribution in [0.2, 0.25) is 0 Å². The Morgan fingerprint density at radius 3 is 1.11 bits per heavy atom. The predicted octanol–water partition coefficient (Wildman–Crippen LogP) is 18.7. The van der Waals surface area contributed by atoms with Gasteiger partial charge in [-0.1, -0.05) is 121 Å². The van der Waals surface area contributed by atoms with Gasteiger partial charge in [0.1, 0.15) is 34.7 Å². The van der Waals surface area contributed by atoms with Crippen LogP contribution in [0.15, 0.2) is 200 Å². The highest BCUT2D eigenvalue weighted by molar-refractivity contribution is 7.92. The van der Waals surface area contributed by atoms with Crippen molar-refractivity contribution in [3.05, 3.63) is 245 Å². The molecule has 0 aliphatic carbocycles. The zero-order chi connectivity index (χ0) is 73.3. The number of hydrogen-bond acceptors (Lipinski definition) is 10. The van der Waals surface area contributed by atoms with Crippen molar-refractivity contribution in [3.63, 3.8) is 0 Å². The van der Waals surface area contributed by atoms with E-state index in [0.29, 0.717) is 44.2 Å². The molecule has 0 aliphatic rings. The number of ether oxygens (including phenoxy) is 3. The van der Waals surface area contributed by atoms with Crippen molar-refractivity contribution in [2.45, 2.75) is 129 Å². The Bertz CT molecular complexity index is 4910. The topological polar surface area (TPSA) is 200 Å². The summed E-state index contributed by atoms with van der Waals surface area (Å²) in [6, 6.07) is 60.2. The van der Waals surface area contributed by atoms with E-state index in [4.69, 9.17) is 14.2 Å². The average molecular weight is 1430 g/mol. The van der Waals surface area contributed by atoms with Crippen LogP contribution in [0, 0.1) is 0 Å². The lowest BCUT2D eigenvalue weighted by atomic mass is 9.89. The lowest BCUT2D eigenvalue weighted by Gasteiger charge is -2.21. The molecule has 0 radical (unpaired) electrons. The third-order valence-corrected chi connectivity index (χ3v) is 17.4. The number of nitrogens with one attached hydrogen (secondary N) is 4. The van der Waals surface area contributed by atoms with Crippen LogP contribution in [0.4, 0.5) is 45.2 Å². The number of aliphatic hydroxyl groups is 2. The van der Waals surface area contributed by atoms with Crippen molar-refractivity contribution in [2.24, 2.45) is 0 Å². The number of anilines is 1. The van der Waals surface area contributed by atoms with E-state index in [0.717, 1.165) is 139 Å². The molecule has 4 unspecified atom stereocenters. The number of fused-ring (bicyclic) bond motifs is 3. The Morgan fingerprint density at radius 1 is 0.431 bits per heavy atom. The van der Waals surface area contributed by atoms with Gasteiger partial charge in [-0.3, -0.25) is 4.72 Å². The Balaban J connectivity index is 0.000000165. The molecule has 14 nitrogen and oxygen atoms in total. The molecule has 0 bridgehead atoms. The van der Waals surface area contributed by atoms with E-state index in [1.165, 1.54) is 12.1 Å². The molecule has 3 aromatic heterocycles. The quantitative estimate of drug-likeness (QED) is 0.0355. The second kappa shape index (κ2) is 31.4. The van der Waals surface area contributed by atoms with Crippen molar-refractivity contribution in [2.75, 3.05) is 11.0 Å². The third-order valence-electron chi connectivity index (χ3n) is 16.8. The fraction of sp³-hybridized carbons (Fsp3) is 0.269. The molecule has 0 aliphatic heterocycles. The van der Waals surface area contributed by atoms with Gasteiger partial charge in [0.2, 0.25) is 10.0 Å². The molecule has 0 spiro atoms. The second-order valence-corrected chi connectivity index (χ2v) is 27.1. The first-order valence-electron chi connectivity index (χ1n) is 32.8. The zero-order valence-corrected chi connectivity index (χ0v) is 57.5. The summed E-state index contributed by atoms with van der Waals surface area (Å²) in [7, 11) is -3.42. The summed E-state index contributed by atoms with van der Waals surface area (Å²) >= 11 is 0. The summed E-state index contributed by atoms with van der Waals surface area (Å²) in [6.07, 6.45) is -14.3. The van der Waals surface area contributed by atoms with Crippen LogP contribution >= 0.6 is 0 Å². The fourth-order valence-electron chi connectivity index (χ4n) is 11.3. The number of hydrogen-bond donors (Lipinski definition) is 6. The van der Waals surface area contributed by atoms with E-state index in [-0.39, 0.29) is 17.2 Å². The largest absolute Gasteiger partial charge is 0.481 e. The second-order valence-electron chi connectivity index (χ2n) is 25.4. The summed E-state index contributed by atoms with van der Waals surface area (Å²) < 4.78 is 155. The molecule has 24 heteroatoms. The lowest BCUT2D eigenvalue weighted by Crippen LogP contribution is -2.31. The van der Waals surface area contributed by atoms with E-state index < -0.39 is 58.6 Å².